The topological polar surface area (TPSA) is 61.9 Å². The number of amides is 2. The molecule has 1 unspecified atom stereocenters. The van der Waals surface area contributed by atoms with Gasteiger partial charge in [0, 0.05) is 44.2 Å². The first-order valence-electron chi connectivity index (χ1n) is 12.9. The SMILES string of the molecule is O=C(NCCN1CCOCC1)C(Cc1ccccc1)N(Cc1ccc(F)cc1)C(=O)Cc1ccc(Cl)cc1. The fourth-order valence-corrected chi connectivity index (χ4v) is 4.62. The lowest BCUT2D eigenvalue weighted by Crippen LogP contribution is -2.52. The van der Waals surface area contributed by atoms with Gasteiger partial charge >= 0.3 is 0 Å². The molecule has 8 heteroatoms. The van der Waals surface area contributed by atoms with Crippen molar-refractivity contribution < 1.29 is 18.7 Å². The van der Waals surface area contributed by atoms with Gasteiger partial charge in [-0.2, -0.15) is 0 Å². The number of halogens is 2. The Morgan fingerprint density at radius 1 is 0.921 bits per heavy atom. The van der Waals surface area contributed by atoms with Crippen LogP contribution in [0.3, 0.4) is 0 Å². The molecule has 1 saturated heterocycles. The van der Waals surface area contributed by atoms with Crippen molar-refractivity contribution >= 4 is 23.4 Å². The standard InChI is InChI=1S/C30H33ClFN3O3/c31-26-10-6-24(7-11-26)21-29(36)35(22-25-8-12-27(32)13-9-25)28(20-23-4-2-1-3-5-23)30(37)33-14-15-34-16-18-38-19-17-34/h1-13,28H,14-22H2,(H,33,37). The number of ether oxygens (including phenoxy) is 1. The van der Waals surface area contributed by atoms with E-state index in [0.29, 0.717) is 37.7 Å². The highest BCUT2D eigenvalue weighted by molar-refractivity contribution is 6.30. The second-order valence-electron chi connectivity index (χ2n) is 9.40. The van der Waals surface area contributed by atoms with Gasteiger partial charge in [-0.1, -0.05) is 66.2 Å². The molecule has 0 spiro atoms. The first-order chi connectivity index (χ1) is 18.5. The molecule has 200 valence electrons. The van der Waals surface area contributed by atoms with Gasteiger partial charge < -0.3 is 15.0 Å². The summed E-state index contributed by atoms with van der Waals surface area (Å²) in [4.78, 5) is 31.3. The number of rotatable bonds is 11. The largest absolute Gasteiger partial charge is 0.379 e. The molecule has 1 atom stereocenters. The van der Waals surface area contributed by atoms with Gasteiger partial charge in [0.05, 0.1) is 19.6 Å². The predicted octanol–water partition coefficient (Wildman–Crippen LogP) is 4.11. The zero-order valence-electron chi connectivity index (χ0n) is 21.3. The molecule has 6 nitrogen and oxygen atoms in total. The van der Waals surface area contributed by atoms with Crippen molar-refractivity contribution in [3.05, 3.63) is 106 Å². The fourth-order valence-electron chi connectivity index (χ4n) is 4.50. The van der Waals surface area contributed by atoms with Crippen LogP contribution in [0.15, 0.2) is 78.9 Å². The van der Waals surface area contributed by atoms with Crippen molar-refractivity contribution in [1.29, 1.82) is 0 Å². The molecular formula is C30H33ClFN3O3. The highest BCUT2D eigenvalue weighted by Crippen LogP contribution is 2.18. The minimum atomic E-state index is -0.744. The van der Waals surface area contributed by atoms with Crippen LogP contribution in [0.2, 0.25) is 5.02 Å². The molecule has 0 saturated carbocycles. The lowest BCUT2D eigenvalue weighted by Gasteiger charge is -2.32. The van der Waals surface area contributed by atoms with Gasteiger partial charge in [-0.05, 0) is 41.0 Å². The van der Waals surface area contributed by atoms with E-state index in [1.807, 2.05) is 42.5 Å². The van der Waals surface area contributed by atoms with Crippen molar-refractivity contribution in [3.8, 4) is 0 Å². The summed E-state index contributed by atoms with van der Waals surface area (Å²) >= 11 is 6.03. The summed E-state index contributed by atoms with van der Waals surface area (Å²) in [6.07, 6.45) is 0.475. The Morgan fingerprint density at radius 2 is 1.58 bits per heavy atom. The summed E-state index contributed by atoms with van der Waals surface area (Å²) in [6.45, 7) is 4.41. The van der Waals surface area contributed by atoms with E-state index in [0.717, 1.165) is 29.8 Å². The molecule has 38 heavy (non-hydrogen) atoms. The molecule has 1 heterocycles. The number of morpholine rings is 1. The van der Waals surface area contributed by atoms with Crippen molar-refractivity contribution in [2.75, 3.05) is 39.4 Å². The fraction of sp³-hybridized carbons (Fsp3) is 0.333. The van der Waals surface area contributed by atoms with Crippen LogP contribution in [0, 0.1) is 5.82 Å². The minimum absolute atomic E-state index is 0.116. The molecule has 2 amide bonds. The molecule has 0 aliphatic carbocycles. The average Bonchev–Trinajstić information content (AvgIpc) is 2.94. The molecule has 1 N–H and O–H groups in total. The highest BCUT2D eigenvalue weighted by Gasteiger charge is 2.30. The van der Waals surface area contributed by atoms with Gasteiger partial charge in [-0.25, -0.2) is 4.39 Å². The van der Waals surface area contributed by atoms with Gasteiger partial charge in [0.2, 0.25) is 11.8 Å². The number of nitrogens with zero attached hydrogens (tertiary/aromatic N) is 2. The Morgan fingerprint density at radius 3 is 2.26 bits per heavy atom. The van der Waals surface area contributed by atoms with Crippen LogP contribution in [-0.2, 0) is 33.7 Å². The smallest absolute Gasteiger partial charge is 0.243 e. The van der Waals surface area contributed by atoms with Crippen LogP contribution in [0.25, 0.3) is 0 Å². The Labute approximate surface area is 228 Å². The van der Waals surface area contributed by atoms with Crippen LogP contribution in [0.5, 0.6) is 0 Å². The van der Waals surface area contributed by atoms with Gasteiger partial charge in [0.1, 0.15) is 11.9 Å². The van der Waals surface area contributed by atoms with Gasteiger partial charge in [-0.3, -0.25) is 14.5 Å². The van der Waals surface area contributed by atoms with Crippen molar-refractivity contribution in [1.82, 2.24) is 15.1 Å². The first-order valence-corrected chi connectivity index (χ1v) is 13.3. The Hall–Kier alpha value is -3.26. The monoisotopic (exact) mass is 537 g/mol. The molecule has 1 aliphatic rings. The van der Waals surface area contributed by atoms with Crippen LogP contribution in [0.4, 0.5) is 4.39 Å². The lowest BCUT2D eigenvalue weighted by atomic mass is 10.0. The second-order valence-corrected chi connectivity index (χ2v) is 9.84. The third-order valence-electron chi connectivity index (χ3n) is 6.64. The van der Waals surface area contributed by atoms with Crippen molar-refractivity contribution in [2.45, 2.75) is 25.4 Å². The zero-order chi connectivity index (χ0) is 26.7. The summed E-state index contributed by atoms with van der Waals surface area (Å²) in [6, 6.07) is 22.1. The van der Waals surface area contributed by atoms with E-state index in [9.17, 15) is 14.0 Å². The molecule has 1 fully saturated rings. The van der Waals surface area contributed by atoms with Crippen LogP contribution < -0.4 is 5.32 Å². The van der Waals surface area contributed by atoms with E-state index < -0.39 is 6.04 Å². The normalized spacial score (nSPS) is 14.6. The summed E-state index contributed by atoms with van der Waals surface area (Å²) in [5.41, 5.74) is 2.49. The summed E-state index contributed by atoms with van der Waals surface area (Å²) < 4.78 is 19.0. The van der Waals surface area contributed by atoms with E-state index in [-0.39, 0.29) is 30.6 Å². The van der Waals surface area contributed by atoms with Crippen molar-refractivity contribution in [3.63, 3.8) is 0 Å². The summed E-state index contributed by atoms with van der Waals surface area (Å²) in [5, 5.41) is 3.65. The number of hydrogen-bond acceptors (Lipinski definition) is 4. The van der Waals surface area contributed by atoms with E-state index in [2.05, 4.69) is 10.2 Å². The van der Waals surface area contributed by atoms with E-state index in [4.69, 9.17) is 16.3 Å². The van der Waals surface area contributed by atoms with Gasteiger partial charge in [0.15, 0.2) is 0 Å². The number of nitrogens with one attached hydrogen (secondary N) is 1. The minimum Gasteiger partial charge on any atom is -0.379 e. The van der Waals surface area contributed by atoms with E-state index >= 15 is 0 Å². The third-order valence-corrected chi connectivity index (χ3v) is 6.89. The predicted molar refractivity (Wildman–Crippen MR) is 146 cm³/mol. The first kappa shape index (κ1) is 27.8. The number of hydrogen-bond donors (Lipinski definition) is 1. The molecule has 3 aromatic rings. The number of carbonyl (C=O) groups is 2. The van der Waals surface area contributed by atoms with E-state index in [1.54, 1.807) is 29.2 Å². The van der Waals surface area contributed by atoms with Crippen molar-refractivity contribution in [2.24, 2.45) is 0 Å². The molecule has 4 rings (SSSR count). The molecule has 0 bridgehead atoms. The third kappa shape index (κ3) is 8.38. The molecule has 0 radical (unpaired) electrons. The molecule has 0 aromatic heterocycles. The van der Waals surface area contributed by atoms with Crippen LogP contribution in [-0.4, -0.2) is 67.0 Å². The lowest BCUT2D eigenvalue weighted by molar-refractivity contribution is -0.140. The molecule has 3 aromatic carbocycles. The van der Waals surface area contributed by atoms with Crippen LogP contribution >= 0.6 is 11.6 Å². The van der Waals surface area contributed by atoms with E-state index in [1.165, 1.54) is 12.1 Å². The summed E-state index contributed by atoms with van der Waals surface area (Å²) in [7, 11) is 0. The maximum Gasteiger partial charge on any atom is 0.243 e. The molecule has 1 aliphatic heterocycles. The zero-order valence-corrected chi connectivity index (χ0v) is 22.1. The quantitative estimate of drug-likeness (QED) is 0.400. The van der Waals surface area contributed by atoms with Gasteiger partial charge in [-0.15, -0.1) is 0 Å². The van der Waals surface area contributed by atoms with Crippen LogP contribution in [0.1, 0.15) is 16.7 Å². The maximum absolute atomic E-state index is 13.7. The second kappa shape index (κ2) is 14.0. The maximum atomic E-state index is 13.7. The Kier molecular flexibility index (Phi) is 10.3. The summed E-state index contributed by atoms with van der Waals surface area (Å²) in [5.74, 6) is -0.760. The Balaban J connectivity index is 1.57. The Bertz CT molecular complexity index is 1170. The number of carbonyl (C=O) groups excluding carboxylic acids is 2. The average molecular weight is 538 g/mol. The van der Waals surface area contributed by atoms with Gasteiger partial charge in [0.25, 0.3) is 0 Å². The molecular weight excluding hydrogens is 505 g/mol. The highest BCUT2D eigenvalue weighted by atomic mass is 35.5. The number of benzene rings is 3.